The fraction of sp³-hybridized carbons (Fsp3) is 0.425. The summed E-state index contributed by atoms with van der Waals surface area (Å²) in [6.07, 6.45) is 2.50. The van der Waals surface area contributed by atoms with Gasteiger partial charge < -0.3 is 43.6 Å². The van der Waals surface area contributed by atoms with E-state index in [0.29, 0.717) is 86.9 Å². The monoisotopic (exact) mass is 740 g/mol. The summed E-state index contributed by atoms with van der Waals surface area (Å²) in [4.78, 5) is 46.5. The number of benzene rings is 3. The zero-order chi connectivity index (χ0) is 36.1. The summed E-state index contributed by atoms with van der Waals surface area (Å²) >= 11 is 0. The Hall–Kier alpha value is -5.02. The van der Waals surface area contributed by atoms with E-state index in [0.717, 1.165) is 50.2 Å². The Morgan fingerprint density at radius 3 is 2.48 bits per heavy atom. The Balaban J connectivity index is 0.00000413. The van der Waals surface area contributed by atoms with Crippen molar-refractivity contribution >= 4 is 50.3 Å². The second kappa shape index (κ2) is 15.0. The van der Waals surface area contributed by atoms with E-state index < -0.39 is 17.2 Å². The van der Waals surface area contributed by atoms with Crippen LogP contribution < -0.4 is 25.7 Å². The highest BCUT2D eigenvalue weighted by Gasteiger charge is 2.35. The predicted molar refractivity (Wildman–Crippen MR) is 204 cm³/mol. The molecule has 1 atom stereocenters. The van der Waals surface area contributed by atoms with Gasteiger partial charge in [0.25, 0.3) is 5.91 Å². The van der Waals surface area contributed by atoms with Crippen molar-refractivity contribution in [3.05, 3.63) is 70.3 Å². The summed E-state index contributed by atoms with van der Waals surface area (Å²) in [7, 11) is 0. The van der Waals surface area contributed by atoms with Gasteiger partial charge in [0.05, 0.1) is 37.5 Å². The number of furan rings is 1. The van der Waals surface area contributed by atoms with Crippen LogP contribution in [0.1, 0.15) is 30.6 Å². The Morgan fingerprint density at radius 2 is 1.67 bits per heavy atom. The molecule has 54 heavy (non-hydrogen) atoms. The van der Waals surface area contributed by atoms with Crippen molar-refractivity contribution in [2.75, 3.05) is 90.2 Å². The molecule has 0 radical (unpaired) electrons. The molecule has 0 bridgehead atoms. The van der Waals surface area contributed by atoms with Crippen molar-refractivity contribution in [1.29, 1.82) is 0 Å². The predicted octanol–water partition coefficient (Wildman–Crippen LogP) is 4.25. The van der Waals surface area contributed by atoms with Crippen LogP contribution in [0.5, 0.6) is 11.5 Å². The van der Waals surface area contributed by atoms with Gasteiger partial charge in [-0.3, -0.25) is 19.3 Å². The van der Waals surface area contributed by atoms with Crippen LogP contribution in [-0.2, 0) is 14.3 Å². The van der Waals surface area contributed by atoms with E-state index in [1.807, 2.05) is 41.3 Å². The highest BCUT2D eigenvalue weighted by Crippen LogP contribution is 2.49. The molecular formula is C40H45FN6O7. The van der Waals surface area contributed by atoms with Gasteiger partial charge in [0, 0.05) is 94.4 Å². The number of carbonyl (C=O) groups excluding carboxylic acids is 2. The minimum Gasteiger partial charge on any atom is -0.456 e. The average molecular weight is 741 g/mol. The molecule has 3 fully saturated rings. The molecule has 14 heteroatoms. The van der Waals surface area contributed by atoms with Gasteiger partial charge in [-0.05, 0) is 24.6 Å². The lowest BCUT2D eigenvalue weighted by Gasteiger charge is -2.30. The Morgan fingerprint density at radius 1 is 0.889 bits per heavy atom. The molecule has 2 N–H and O–H groups in total. The third-order valence-corrected chi connectivity index (χ3v) is 10.7. The first-order chi connectivity index (χ1) is 25.9. The largest absolute Gasteiger partial charge is 0.456 e. The third kappa shape index (κ3) is 6.57. The molecule has 0 unspecified atom stereocenters. The van der Waals surface area contributed by atoms with Gasteiger partial charge in [0.2, 0.25) is 11.3 Å². The number of para-hydroxylation sites is 1. The van der Waals surface area contributed by atoms with Gasteiger partial charge in [-0.2, -0.15) is 0 Å². The molecule has 2 amide bonds. The Labute approximate surface area is 311 Å². The zero-order valence-electron chi connectivity index (χ0n) is 29.3. The first kappa shape index (κ1) is 36.0. The van der Waals surface area contributed by atoms with Crippen molar-refractivity contribution in [2.24, 2.45) is 0 Å². The molecule has 4 aliphatic rings. The van der Waals surface area contributed by atoms with E-state index >= 15 is 4.39 Å². The minimum absolute atomic E-state index is 0. The molecule has 13 nitrogen and oxygen atoms in total. The standard InChI is InChI=1S/C39H41FN6O7.CH4/c40-29-19-27-35-38(36(29)45-9-6-24(22-45)42-34(47)5-7-41-8-10-43-11-15-50-16-12-43)53-33-20-26-25-3-1-2-4-31(25)52-32(26)21-30(33)46(35)23-28(37(27)48)39(49)44-13-17-51-18-14-44;/h1-4,19-21,23-24,41H,5-18,22H2,(H,42,47);1H4/t24-;/m1./s1. The number of aromatic nitrogens is 1. The summed E-state index contributed by atoms with van der Waals surface area (Å²) in [6.45, 7) is 7.94. The van der Waals surface area contributed by atoms with E-state index in [1.165, 1.54) is 6.07 Å². The second-order valence-corrected chi connectivity index (χ2v) is 14.0. The van der Waals surface area contributed by atoms with Gasteiger partial charge in [0.1, 0.15) is 27.9 Å². The lowest BCUT2D eigenvalue weighted by atomic mass is 10.0. The van der Waals surface area contributed by atoms with Crippen molar-refractivity contribution in [1.82, 2.24) is 25.0 Å². The van der Waals surface area contributed by atoms with Gasteiger partial charge >= 0.3 is 0 Å². The number of anilines is 1. The van der Waals surface area contributed by atoms with E-state index in [9.17, 15) is 14.4 Å². The molecule has 9 rings (SSSR count). The fourth-order valence-corrected chi connectivity index (χ4v) is 7.98. The number of nitrogens with one attached hydrogen (secondary N) is 2. The van der Waals surface area contributed by atoms with Crippen molar-refractivity contribution in [3.8, 4) is 17.2 Å². The van der Waals surface area contributed by atoms with Crippen LogP contribution in [-0.4, -0.2) is 118 Å². The minimum atomic E-state index is -0.637. The van der Waals surface area contributed by atoms with Crippen molar-refractivity contribution in [2.45, 2.75) is 26.3 Å². The van der Waals surface area contributed by atoms with Crippen LogP contribution >= 0.6 is 0 Å². The number of fused-ring (bicyclic) bond motifs is 5. The van der Waals surface area contributed by atoms with Gasteiger partial charge in [-0.15, -0.1) is 0 Å². The zero-order valence-corrected chi connectivity index (χ0v) is 29.3. The third-order valence-electron chi connectivity index (χ3n) is 10.7. The topological polar surface area (TPSA) is 131 Å². The average Bonchev–Trinajstić information content (AvgIpc) is 3.79. The van der Waals surface area contributed by atoms with E-state index in [1.54, 1.807) is 15.7 Å². The first-order valence-electron chi connectivity index (χ1n) is 18.4. The Kier molecular flexibility index (Phi) is 10.0. The highest BCUT2D eigenvalue weighted by atomic mass is 19.1. The normalized spacial score (nSPS) is 18.5. The number of morpholine rings is 2. The van der Waals surface area contributed by atoms with E-state index in [-0.39, 0.29) is 41.8 Å². The van der Waals surface area contributed by atoms with Crippen molar-refractivity contribution < 1.29 is 32.6 Å². The maximum absolute atomic E-state index is 16.5. The molecule has 284 valence electrons. The molecular weight excluding hydrogens is 695 g/mol. The molecule has 0 aliphatic carbocycles. The highest BCUT2D eigenvalue weighted by molar-refractivity contribution is 6.07. The number of amides is 2. The maximum Gasteiger partial charge on any atom is 0.259 e. The number of hydrogen-bond acceptors (Lipinski definition) is 10. The smallest absolute Gasteiger partial charge is 0.259 e. The fourth-order valence-electron chi connectivity index (χ4n) is 7.98. The second-order valence-electron chi connectivity index (χ2n) is 14.0. The Bertz CT molecular complexity index is 2290. The summed E-state index contributed by atoms with van der Waals surface area (Å²) in [6, 6.07) is 12.4. The molecule has 4 aliphatic heterocycles. The van der Waals surface area contributed by atoms with Crippen LogP contribution in [0, 0.1) is 5.82 Å². The maximum atomic E-state index is 16.5. The van der Waals surface area contributed by atoms with Crippen molar-refractivity contribution in [3.63, 3.8) is 0 Å². The summed E-state index contributed by atoms with van der Waals surface area (Å²) < 4.78 is 41.9. The van der Waals surface area contributed by atoms with Crippen LogP contribution in [0.4, 0.5) is 10.1 Å². The number of carbonyl (C=O) groups is 2. The quantitative estimate of drug-likeness (QED) is 0.208. The molecule has 2 aromatic heterocycles. The lowest BCUT2D eigenvalue weighted by Crippen LogP contribution is -2.42. The van der Waals surface area contributed by atoms with E-state index in [4.69, 9.17) is 18.6 Å². The number of pyridine rings is 1. The summed E-state index contributed by atoms with van der Waals surface area (Å²) in [5.41, 5.74) is 1.82. The van der Waals surface area contributed by atoms with E-state index in [2.05, 4.69) is 15.5 Å². The first-order valence-corrected chi connectivity index (χ1v) is 18.4. The molecule has 5 aromatic rings. The number of rotatable bonds is 9. The van der Waals surface area contributed by atoms with Gasteiger partial charge in [-0.25, -0.2) is 4.39 Å². The molecule has 0 saturated carbocycles. The van der Waals surface area contributed by atoms with Gasteiger partial charge in [0.15, 0.2) is 17.3 Å². The van der Waals surface area contributed by atoms with Gasteiger partial charge in [-0.1, -0.05) is 25.6 Å². The van der Waals surface area contributed by atoms with Crippen LogP contribution in [0.3, 0.4) is 0 Å². The SMILES string of the molecule is C.O=C(CCNCCN1CCOCC1)N[C@@H]1CCN(c2c(F)cc3c(=O)c(C(=O)N4CCOCC4)cn4c3c2Oc2cc3c(cc2-4)oc2ccccc23)C1. The van der Waals surface area contributed by atoms with Crippen LogP contribution in [0.25, 0.3) is 38.5 Å². The van der Waals surface area contributed by atoms with Crippen LogP contribution in [0.15, 0.2) is 57.9 Å². The number of hydrogen-bond donors (Lipinski definition) is 2. The number of halogens is 1. The number of nitrogens with zero attached hydrogens (tertiary/aromatic N) is 4. The molecule has 6 heterocycles. The number of ether oxygens (including phenoxy) is 3. The lowest BCUT2D eigenvalue weighted by molar-refractivity contribution is -0.121. The molecule has 3 saturated heterocycles. The molecule has 3 aromatic carbocycles. The van der Waals surface area contributed by atoms with Crippen LogP contribution in [0.2, 0.25) is 0 Å². The molecule has 0 spiro atoms. The summed E-state index contributed by atoms with van der Waals surface area (Å²) in [5, 5.41) is 8.24. The summed E-state index contributed by atoms with van der Waals surface area (Å²) in [5.74, 6) is -0.508.